The molecule has 33 heavy (non-hydrogen) atoms. The van der Waals surface area contributed by atoms with E-state index in [1.165, 1.54) is 12.1 Å². The van der Waals surface area contributed by atoms with E-state index in [-0.39, 0.29) is 11.5 Å². The van der Waals surface area contributed by atoms with E-state index in [1.54, 1.807) is 16.7 Å². The molecule has 0 unspecified atom stereocenters. The van der Waals surface area contributed by atoms with Crippen LogP contribution in [0.25, 0.3) is 10.9 Å². The molecule has 0 atom stereocenters. The van der Waals surface area contributed by atoms with E-state index < -0.39 is 5.97 Å². The molecule has 4 rings (SSSR count). The molecule has 1 aromatic heterocycles. The number of hydrogen-bond donors (Lipinski definition) is 1. The quantitative estimate of drug-likeness (QED) is 0.420. The van der Waals surface area contributed by atoms with Gasteiger partial charge in [-0.3, -0.25) is 0 Å². The Kier molecular flexibility index (Phi) is 6.75. The van der Waals surface area contributed by atoms with Gasteiger partial charge in [0.15, 0.2) is 0 Å². The monoisotopic (exact) mass is 445 g/mol. The third-order valence-corrected chi connectivity index (χ3v) is 5.66. The van der Waals surface area contributed by atoms with Crippen LogP contribution in [0.5, 0.6) is 5.75 Å². The summed E-state index contributed by atoms with van der Waals surface area (Å²) in [5.74, 6) is -0.760. The number of nitrogens with zero attached hydrogens (tertiary/aromatic N) is 1. The highest BCUT2D eigenvalue weighted by Gasteiger charge is 2.18. The molecule has 0 aliphatic rings. The van der Waals surface area contributed by atoms with Crippen LogP contribution < -0.4 is 15.2 Å². The molecule has 0 radical (unpaired) electrons. The fraction of sp³-hybridized carbons (Fsp3) is 0.222. The standard InChI is InChI=1S/C27H27FN2O3/c1-3-33-25-7-5-4-6-20(25)15-29-16-23-22-13-8-18(2)14-24(22)30(26(23)27(31)32)17-19-9-11-21(28)12-10-19/h4-14,29H,3,15-17H2,1-2H3,(H,31,32)/p-1. The molecular formula is C27H26FN2O3-. The van der Waals surface area contributed by atoms with Crippen molar-refractivity contribution >= 4 is 16.9 Å². The number of rotatable bonds is 9. The van der Waals surface area contributed by atoms with Gasteiger partial charge in [-0.25, -0.2) is 4.39 Å². The van der Waals surface area contributed by atoms with Crippen molar-refractivity contribution in [2.45, 2.75) is 33.5 Å². The fourth-order valence-corrected chi connectivity index (χ4v) is 4.15. The highest BCUT2D eigenvalue weighted by atomic mass is 19.1. The molecule has 6 heteroatoms. The lowest BCUT2D eigenvalue weighted by Gasteiger charge is -2.14. The number of fused-ring (bicyclic) bond motifs is 1. The first-order valence-electron chi connectivity index (χ1n) is 11.0. The van der Waals surface area contributed by atoms with Crippen molar-refractivity contribution < 1.29 is 19.0 Å². The van der Waals surface area contributed by atoms with Gasteiger partial charge in [0.2, 0.25) is 0 Å². The SMILES string of the molecule is CCOc1ccccc1CNCc1c(C(=O)[O-])n(Cc2ccc(F)cc2)c2cc(C)ccc12. The largest absolute Gasteiger partial charge is 0.543 e. The molecule has 1 N–H and O–H groups in total. The number of aryl methyl sites for hydroxylation is 1. The molecule has 170 valence electrons. The normalized spacial score (nSPS) is 11.1. The first-order valence-corrected chi connectivity index (χ1v) is 11.0. The van der Waals surface area contributed by atoms with Crippen LogP contribution in [0.1, 0.15) is 39.7 Å². The van der Waals surface area contributed by atoms with Gasteiger partial charge in [-0.15, -0.1) is 0 Å². The molecule has 1 heterocycles. The van der Waals surface area contributed by atoms with Crippen LogP contribution in [0, 0.1) is 12.7 Å². The number of benzene rings is 3. The third kappa shape index (κ3) is 4.91. The van der Waals surface area contributed by atoms with Gasteiger partial charge < -0.3 is 24.5 Å². The van der Waals surface area contributed by atoms with Crippen LogP contribution in [-0.4, -0.2) is 17.1 Å². The maximum Gasteiger partial charge on any atom is 0.123 e. The number of carboxylic acids is 1. The topological polar surface area (TPSA) is 66.3 Å². The Bertz CT molecular complexity index is 1280. The number of para-hydroxylation sites is 1. The minimum Gasteiger partial charge on any atom is -0.543 e. The van der Waals surface area contributed by atoms with Crippen molar-refractivity contribution in [3.8, 4) is 5.75 Å². The van der Waals surface area contributed by atoms with E-state index >= 15 is 0 Å². The second-order valence-electron chi connectivity index (χ2n) is 7.99. The molecule has 0 saturated heterocycles. The second-order valence-corrected chi connectivity index (χ2v) is 7.99. The van der Waals surface area contributed by atoms with Gasteiger partial charge >= 0.3 is 0 Å². The number of ether oxygens (including phenoxy) is 1. The molecule has 0 fully saturated rings. The number of nitrogens with one attached hydrogen (secondary N) is 1. The Morgan fingerprint density at radius 2 is 1.82 bits per heavy atom. The van der Waals surface area contributed by atoms with Crippen molar-refractivity contribution in [2.24, 2.45) is 0 Å². The first-order chi connectivity index (χ1) is 16.0. The number of hydrogen-bond acceptors (Lipinski definition) is 4. The van der Waals surface area contributed by atoms with Crippen molar-refractivity contribution in [3.63, 3.8) is 0 Å². The lowest BCUT2D eigenvalue weighted by molar-refractivity contribution is -0.255. The van der Waals surface area contributed by atoms with Gasteiger partial charge in [0.1, 0.15) is 11.6 Å². The zero-order valence-corrected chi connectivity index (χ0v) is 18.7. The zero-order chi connectivity index (χ0) is 23.4. The summed E-state index contributed by atoms with van der Waals surface area (Å²) in [5.41, 5.74) is 4.44. The summed E-state index contributed by atoms with van der Waals surface area (Å²) >= 11 is 0. The number of aromatic carboxylic acids is 1. The van der Waals surface area contributed by atoms with Gasteiger partial charge in [-0.05, 0) is 49.2 Å². The average molecular weight is 446 g/mol. The number of aromatic nitrogens is 1. The minimum atomic E-state index is -1.24. The molecule has 4 aromatic rings. The molecule has 3 aromatic carbocycles. The van der Waals surface area contributed by atoms with Crippen LogP contribution in [0.15, 0.2) is 66.7 Å². The number of halogens is 1. The van der Waals surface area contributed by atoms with E-state index in [0.29, 0.717) is 31.8 Å². The lowest BCUT2D eigenvalue weighted by atomic mass is 10.1. The minimum absolute atomic E-state index is 0.130. The van der Waals surface area contributed by atoms with E-state index in [9.17, 15) is 14.3 Å². The number of carbonyl (C=O) groups is 1. The Morgan fingerprint density at radius 3 is 2.55 bits per heavy atom. The summed E-state index contributed by atoms with van der Waals surface area (Å²) in [6.07, 6.45) is 0. The van der Waals surface area contributed by atoms with Crippen molar-refractivity contribution in [1.82, 2.24) is 9.88 Å². The summed E-state index contributed by atoms with van der Waals surface area (Å²) in [7, 11) is 0. The molecule has 0 aliphatic carbocycles. The average Bonchev–Trinajstić information content (AvgIpc) is 3.09. The summed E-state index contributed by atoms with van der Waals surface area (Å²) in [6, 6.07) is 19.8. The highest BCUT2D eigenvalue weighted by Crippen LogP contribution is 2.29. The molecule has 0 saturated carbocycles. The van der Waals surface area contributed by atoms with Crippen molar-refractivity contribution in [3.05, 3.63) is 100 Å². The van der Waals surface area contributed by atoms with Gasteiger partial charge in [0.25, 0.3) is 0 Å². The summed E-state index contributed by atoms with van der Waals surface area (Å²) in [5, 5.41) is 16.5. The van der Waals surface area contributed by atoms with Crippen LogP contribution >= 0.6 is 0 Å². The second kappa shape index (κ2) is 9.88. The van der Waals surface area contributed by atoms with Crippen LogP contribution in [0.2, 0.25) is 0 Å². The molecule has 5 nitrogen and oxygen atoms in total. The fourth-order valence-electron chi connectivity index (χ4n) is 4.15. The summed E-state index contributed by atoms with van der Waals surface area (Å²) < 4.78 is 20.8. The molecular weight excluding hydrogens is 419 g/mol. The van der Waals surface area contributed by atoms with E-state index in [0.717, 1.165) is 33.3 Å². The zero-order valence-electron chi connectivity index (χ0n) is 18.7. The molecule has 0 amide bonds. The van der Waals surface area contributed by atoms with Crippen molar-refractivity contribution in [1.29, 1.82) is 0 Å². The van der Waals surface area contributed by atoms with Gasteiger partial charge in [-0.1, -0.05) is 42.5 Å². The lowest BCUT2D eigenvalue weighted by Crippen LogP contribution is -2.28. The Morgan fingerprint density at radius 1 is 1.06 bits per heavy atom. The van der Waals surface area contributed by atoms with E-state index in [1.807, 2.05) is 56.3 Å². The van der Waals surface area contributed by atoms with Crippen LogP contribution in [0.3, 0.4) is 0 Å². The van der Waals surface area contributed by atoms with Gasteiger partial charge in [0.05, 0.1) is 18.3 Å². The van der Waals surface area contributed by atoms with Crippen molar-refractivity contribution in [2.75, 3.05) is 6.61 Å². The number of carboxylic acid groups (broad SMARTS) is 1. The van der Waals surface area contributed by atoms with Gasteiger partial charge in [0, 0.05) is 41.7 Å². The predicted octanol–water partition coefficient (Wildman–Crippen LogP) is 4.19. The smallest absolute Gasteiger partial charge is 0.123 e. The maximum atomic E-state index is 13.4. The maximum absolute atomic E-state index is 13.4. The molecule has 0 spiro atoms. The Labute approximate surface area is 192 Å². The third-order valence-electron chi connectivity index (χ3n) is 5.66. The molecule has 0 bridgehead atoms. The van der Waals surface area contributed by atoms with Gasteiger partial charge in [-0.2, -0.15) is 0 Å². The highest BCUT2D eigenvalue weighted by molar-refractivity contribution is 5.97. The van der Waals surface area contributed by atoms with E-state index in [2.05, 4.69) is 5.32 Å². The predicted molar refractivity (Wildman–Crippen MR) is 125 cm³/mol. The van der Waals surface area contributed by atoms with E-state index in [4.69, 9.17) is 4.74 Å². The van der Waals surface area contributed by atoms with Crippen LogP contribution in [0.4, 0.5) is 4.39 Å². The molecule has 0 aliphatic heterocycles. The summed E-state index contributed by atoms with van der Waals surface area (Å²) in [4.78, 5) is 12.3. The Balaban J connectivity index is 1.69. The Hall–Kier alpha value is -3.64. The van der Waals surface area contributed by atoms with Crippen LogP contribution in [-0.2, 0) is 19.6 Å². The summed E-state index contributed by atoms with van der Waals surface area (Å²) in [6.45, 7) is 5.65. The number of carbonyl (C=O) groups excluding carboxylic acids is 1. The first kappa shape index (κ1) is 22.6.